The number of carbonyl (C=O) groups is 1. The average molecular weight is 366 g/mol. The Labute approximate surface area is 150 Å². The van der Waals surface area contributed by atoms with E-state index in [1.807, 2.05) is 6.92 Å². The zero-order valence-electron chi connectivity index (χ0n) is 15.1. The van der Waals surface area contributed by atoms with Crippen molar-refractivity contribution in [3.8, 4) is 11.1 Å². The number of aromatic nitrogens is 1. The van der Waals surface area contributed by atoms with Crippen LogP contribution in [-0.2, 0) is 15.7 Å². The third-order valence-corrected chi connectivity index (χ3v) is 4.01. The molecule has 7 heteroatoms. The number of ether oxygens (including phenoxy) is 1. The first-order valence-corrected chi connectivity index (χ1v) is 8.22. The van der Waals surface area contributed by atoms with Crippen LogP contribution in [0.4, 0.5) is 18.9 Å². The fourth-order valence-corrected chi connectivity index (χ4v) is 2.81. The van der Waals surface area contributed by atoms with Crippen molar-refractivity contribution in [3.05, 3.63) is 47.3 Å². The summed E-state index contributed by atoms with van der Waals surface area (Å²) >= 11 is 0. The number of benzene rings is 1. The molecule has 1 aromatic heterocycles. The monoisotopic (exact) mass is 366 g/mol. The lowest BCUT2D eigenvalue weighted by atomic mass is 9.96. The Morgan fingerprint density at radius 1 is 1.31 bits per heavy atom. The van der Waals surface area contributed by atoms with E-state index in [1.165, 1.54) is 19.9 Å². The van der Waals surface area contributed by atoms with Gasteiger partial charge in [-0.3, -0.25) is 9.78 Å². The number of carbonyl (C=O) groups excluding carboxylic acids is 1. The summed E-state index contributed by atoms with van der Waals surface area (Å²) in [4.78, 5) is 15.3. The molecule has 0 saturated carbocycles. The lowest BCUT2D eigenvalue weighted by Gasteiger charge is -2.19. The lowest BCUT2D eigenvalue weighted by molar-refractivity contribution is -0.145. The summed E-state index contributed by atoms with van der Waals surface area (Å²) < 4.78 is 44.8. The highest BCUT2D eigenvalue weighted by atomic mass is 19.4. The molecular weight excluding hydrogens is 345 g/mol. The topological polar surface area (TPSA) is 51.2 Å². The van der Waals surface area contributed by atoms with Crippen molar-refractivity contribution in [1.29, 1.82) is 0 Å². The molecule has 0 aliphatic rings. The van der Waals surface area contributed by atoms with Crippen LogP contribution in [0, 0.1) is 6.92 Å². The largest absolute Gasteiger partial charge is 0.458 e. The van der Waals surface area contributed by atoms with E-state index in [0.29, 0.717) is 28.9 Å². The highest BCUT2D eigenvalue weighted by molar-refractivity contribution is 5.81. The quantitative estimate of drug-likeness (QED) is 0.745. The summed E-state index contributed by atoms with van der Waals surface area (Å²) in [5.41, 5.74) is 1.81. The van der Waals surface area contributed by atoms with Gasteiger partial charge in [-0.2, -0.15) is 13.2 Å². The maximum absolute atomic E-state index is 13.2. The molecule has 0 fully saturated rings. The molecule has 0 amide bonds. The number of nitrogens with zero attached hydrogens (tertiary/aromatic N) is 1. The van der Waals surface area contributed by atoms with Crippen LogP contribution >= 0.6 is 0 Å². The number of nitrogens with one attached hydrogen (secondary N) is 1. The molecule has 0 aliphatic carbocycles. The Balaban J connectivity index is 2.54. The van der Waals surface area contributed by atoms with Gasteiger partial charge in [0.05, 0.1) is 5.56 Å². The Bertz CT molecular complexity index is 804. The number of alkyl halides is 3. The van der Waals surface area contributed by atoms with Crippen LogP contribution in [0.2, 0.25) is 0 Å². The fourth-order valence-electron chi connectivity index (χ4n) is 2.81. The van der Waals surface area contributed by atoms with Crippen LogP contribution in [0.3, 0.4) is 0 Å². The average Bonchev–Trinajstić information content (AvgIpc) is 2.55. The van der Waals surface area contributed by atoms with Crippen LogP contribution in [0.15, 0.2) is 30.6 Å². The first-order valence-electron chi connectivity index (χ1n) is 8.22. The zero-order valence-corrected chi connectivity index (χ0v) is 15.1. The van der Waals surface area contributed by atoms with Crippen molar-refractivity contribution < 1.29 is 22.7 Å². The zero-order chi connectivity index (χ0) is 19.5. The normalized spacial score (nSPS) is 12.6. The third-order valence-electron chi connectivity index (χ3n) is 4.01. The molecule has 1 N–H and O–H groups in total. The molecule has 140 valence electrons. The fraction of sp³-hybridized carbons (Fsp3) is 0.368. The predicted molar refractivity (Wildman–Crippen MR) is 93.8 cm³/mol. The van der Waals surface area contributed by atoms with Crippen molar-refractivity contribution in [2.24, 2.45) is 0 Å². The summed E-state index contributed by atoms with van der Waals surface area (Å²) in [5.74, 6) is -0.415. The number of pyridine rings is 1. The van der Waals surface area contributed by atoms with Crippen molar-refractivity contribution in [2.45, 2.75) is 40.0 Å². The SMILES string of the molecule is CCNc1c(-c2cncc(C(C)OC(C)=O)c2)ccc(C(F)(F)F)c1C. The van der Waals surface area contributed by atoms with E-state index in [9.17, 15) is 18.0 Å². The maximum atomic E-state index is 13.2. The van der Waals surface area contributed by atoms with E-state index >= 15 is 0 Å². The number of rotatable bonds is 5. The van der Waals surface area contributed by atoms with E-state index in [1.54, 1.807) is 25.4 Å². The Hall–Kier alpha value is -2.57. The molecule has 26 heavy (non-hydrogen) atoms. The molecule has 0 spiro atoms. The molecule has 0 bridgehead atoms. The highest BCUT2D eigenvalue weighted by Gasteiger charge is 2.33. The second-order valence-electron chi connectivity index (χ2n) is 5.95. The first kappa shape index (κ1) is 19.8. The summed E-state index contributed by atoms with van der Waals surface area (Å²) in [6.07, 6.45) is -1.78. The molecule has 0 aliphatic heterocycles. The Kier molecular flexibility index (Phi) is 5.90. The molecule has 1 atom stereocenters. The van der Waals surface area contributed by atoms with Gasteiger partial charge in [-0.05, 0) is 38.5 Å². The smallest absolute Gasteiger partial charge is 0.416 e. The van der Waals surface area contributed by atoms with Gasteiger partial charge in [0.25, 0.3) is 0 Å². The minimum Gasteiger partial charge on any atom is -0.458 e. The van der Waals surface area contributed by atoms with E-state index < -0.39 is 23.8 Å². The molecule has 4 nitrogen and oxygen atoms in total. The number of halogens is 3. The highest BCUT2D eigenvalue weighted by Crippen LogP contribution is 2.40. The Morgan fingerprint density at radius 2 is 2.00 bits per heavy atom. The molecule has 0 saturated heterocycles. The number of anilines is 1. The van der Waals surface area contributed by atoms with E-state index in [-0.39, 0.29) is 5.56 Å². The summed E-state index contributed by atoms with van der Waals surface area (Å²) in [6.45, 7) is 6.78. The minimum atomic E-state index is -4.42. The van der Waals surface area contributed by atoms with Gasteiger partial charge in [0.1, 0.15) is 6.10 Å². The minimum absolute atomic E-state index is 0.135. The number of esters is 1. The van der Waals surface area contributed by atoms with Gasteiger partial charge < -0.3 is 10.1 Å². The van der Waals surface area contributed by atoms with Crippen molar-refractivity contribution in [2.75, 3.05) is 11.9 Å². The third kappa shape index (κ3) is 4.33. The molecule has 1 heterocycles. The van der Waals surface area contributed by atoms with Gasteiger partial charge in [0, 0.05) is 48.2 Å². The summed E-state index contributed by atoms with van der Waals surface area (Å²) in [6, 6.07) is 4.28. The van der Waals surface area contributed by atoms with Crippen molar-refractivity contribution in [1.82, 2.24) is 4.98 Å². The standard InChI is InChI=1S/C19H21F3N2O2/c1-5-24-18-11(2)17(19(20,21)22)7-6-16(18)15-8-14(9-23-10-15)12(3)26-13(4)25/h6-10,12,24H,5H2,1-4H3. The first-order chi connectivity index (χ1) is 12.1. The molecular formula is C19H21F3N2O2. The van der Waals surface area contributed by atoms with Gasteiger partial charge in [-0.25, -0.2) is 0 Å². The number of hydrogen-bond acceptors (Lipinski definition) is 4. The van der Waals surface area contributed by atoms with Crippen molar-refractivity contribution >= 4 is 11.7 Å². The van der Waals surface area contributed by atoms with E-state index in [0.717, 1.165) is 6.07 Å². The molecule has 0 radical (unpaired) electrons. The summed E-state index contributed by atoms with van der Waals surface area (Å²) in [7, 11) is 0. The van der Waals surface area contributed by atoms with Gasteiger partial charge >= 0.3 is 12.1 Å². The lowest BCUT2D eigenvalue weighted by Crippen LogP contribution is -2.11. The second kappa shape index (κ2) is 7.76. The predicted octanol–water partition coefficient (Wildman–Crippen LogP) is 5.13. The van der Waals surface area contributed by atoms with E-state index in [2.05, 4.69) is 10.3 Å². The molecule has 2 aromatic rings. The second-order valence-corrected chi connectivity index (χ2v) is 5.95. The van der Waals surface area contributed by atoms with Crippen molar-refractivity contribution in [3.63, 3.8) is 0 Å². The maximum Gasteiger partial charge on any atom is 0.416 e. The molecule has 1 unspecified atom stereocenters. The van der Waals surface area contributed by atoms with Gasteiger partial charge in [-0.15, -0.1) is 0 Å². The molecule has 1 aromatic carbocycles. The van der Waals surface area contributed by atoms with Gasteiger partial charge in [0.15, 0.2) is 0 Å². The Morgan fingerprint density at radius 3 is 2.58 bits per heavy atom. The van der Waals surface area contributed by atoms with Crippen LogP contribution in [0.5, 0.6) is 0 Å². The van der Waals surface area contributed by atoms with Crippen LogP contribution in [-0.4, -0.2) is 17.5 Å². The number of hydrogen-bond donors (Lipinski definition) is 1. The van der Waals surface area contributed by atoms with Gasteiger partial charge in [-0.1, -0.05) is 6.07 Å². The molecule has 2 rings (SSSR count). The van der Waals surface area contributed by atoms with Crippen LogP contribution < -0.4 is 5.32 Å². The van der Waals surface area contributed by atoms with Gasteiger partial charge in [0.2, 0.25) is 0 Å². The van der Waals surface area contributed by atoms with Crippen LogP contribution in [0.25, 0.3) is 11.1 Å². The van der Waals surface area contributed by atoms with Crippen LogP contribution in [0.1, 0.15) is 43.6 Å². The van der Waals surface area contributed by atoms with E-state index in [4.69, 9.17) is 4.74 Å². The summed E-state index contributed by atoms with van der Waals surface area (Å²) in [5, 5.41) is 3.02.